The van der Waals surface area contributed by atoms with Crippen LogP contribution in [0.3, 0.4) is 0 Å². The summed E-state index contributed by atoms with van der Waals surface area (Å²) in [7, 11) is 0. The van der Waals surface area contributed by atoms with Gasteiger partial charge in [-0.2, -0.15) is 14.6 Å². The van der Waals surface area contributed by atoms with Crippen LogP contribution in [-0.2, 0) is 0 Å². The van der Waals surface area contributed by atoms with Crippen LogP contribution in [0.1, 0.15) is 0 Å². The lowest BCUT2D eigenvalue weighted by Crippen LogP contribution is -1.99. The van der Waals surface area contributed by atoms with E-state index >= 15 is 0 Å². The first-order valence-corrected chi connectivity index (χ1v) is 6.64. The largest absolute Gasteiger partial charge is 0.384 e. The molecule has 0 unspecified atom stereocenters. The van der Waals surface area contributed by atoms with Gasteiger partial charge in [-0.1, -0.05) is 0 Å². The van der Waals surface area contributed by atoms with E-state index in [-0.39, 0.29) is 0 Å². The third-order valence-electron chi connectivity index (χ3n) is 3.31. The Morgan fingerprint density at radius 1 is 0.955 bits per heavy atom. The molecule has 7 heteroatoms. The van der Waals surface area contributed by atoms with Crippen molar-refractivity contribution in [3.63, 3.8) is 0 Å². The van der Waals surface area contributed by atoms with Crippen LogP contribution in [0, 0.1) is 0 Å². The van der Waals surface area contributed by atoms with Crippen LogP contribution in [-0.4, -0.2) is 29.5 Å². The molecule has 0 fully saturated rings. The molecule has 0 aromatic carbocycles. The van der Waals surface area contributed by atoms with E-state index in [1.54, 1.807) is 29.2 Å². The van der Waals surface area contributed by atoms with Crippen LogP contribution in [0.2, 0.25) is 0 Å². The molecule has 4 heterocycles. The van der Waals surface area contributed by atoms with Crippen molar-refractivity contribution in [2.24, 2.45) is 0 Å². The number of anilines is 1. The summed E-state index contributed by atoms with van der Waals surface area (Å²) in [6.07, 6.45) is 6.66. The molecule has 0 atom stereocenters. The summed E-state index contributed by atoms with van der Waals surface area (Å²) < 4.78 is 1.70. The molecule has 0 saturated carbocycles. The monoisotopic (exact) mass is 289 g/mol. The first kappa shape index (κ1) is 12.4. The Kier molecular flexibility index (Phi) is 2.75. The molecule has 0 bridgehead atoms. The molecular formula is C15H11N7. The zero-order chi connectivity index (χ0) is 14.9. The maximum Gasteiger partial charge on any atom is 0.253 e. The normalized spacial score (nSPS) is 10.9. The Balaban J connectivity index is 1.96. The smallest absolute Gasteiger partial charge is 0.253 e. The summed E-state index contributed by atoms with van der Waals surface area (Å²) in [5.41, 5.74) is 9.14. The lowest BCUT2D eigenvalue weighted by Gasteiger charge is -2.07. The molecule has 7 nitrogen and oxygen atoms in total. The average Bonchev–Trinajstić information content (AvgIpc) is 3.04. The van der Waals surface area contributed by atoms with Gasteiger partial charge in [0.15, 0.2) is 0 Å². The van der Waals surface area contributed by atoms with Gasteiger partial charge in [0.05, 0.1) is 11.4 Å². The molecule has 0 spiro atoms. The highest BCUT2D eigenvalue weighted by Gasteiger charge is 2.11. The van der Waals surface area contributed by atoms with Crippen molar-refractivity contribution >= 4 is 11.6 Å². The molecule has 0 amide bonds. The third kappa shape index (κ3) is 2.05. The summed E-state index contributed by atoms with van der Waals surface area (Å²) in [4.78, 5) is 16.9. The molecule has 0 radical (unpaired) electrons. The molecular weight excluding hydrogens is 278 g/mol. The number of fused-ring (bicyclic) bond motifs is 1. The molecule has 4 aromatic rings. The van der Waals surface area contributed by atoms with Crippen molar-refractivity contribution < 1.29 is 0 Å². The van der Waals surface area contributed by atoms with Gasteiger partial charge in [-0.25, -0.2) is 9.97 Å². The van der Waals surface area contributed by atoms with Crippen LogP contribution in [0.5, 0.6) is 0 Å². The second kappa shape index (κ2) is 4.88. The summed E-state index contributed by atoms with van der Waals surface area (Å²) in [6.45, 7) is 0. The topological polar surface area (TPSA) is 94.9 Å². The molecule has 0 saturated heterocycles. The number of rotatable bonds is 2. The zero-order valence-electron chi connectivity index (χ0n) is 11.5. The zero-order valence-corrected chi connectivity index (χ0v) is 11.5. The Hall–Kier alpha value is -3.35. The van der Waals surface area contributed by atoms with Gasteiger partial charge >= 0.3 is 0 Å². The first-order valence-electron chi connectivity index (χ1n) is 6.64. The summed E-state index contributed by atoms with van der Waals surface area (Å²) in [5.74, 6) is 1.00. The standard InChI is InChI=1S/C15H11N7/c16-14-2-1-11(8-18-14)12-7-13(10-3-5-17-6-4-10)22-15(21-12)19-9-20-22/h1-9H,(H2,16,18). The molecule has 4 rings (SSSR count). The second-order valence-electron chi connectivity index (χ2n) is 4.71. The van der Waals surface area contributed by atoms with Gasteiger partial charge in [0.25, 0.3) is 5.78 Å². The van der Waals surface area contributed by atoms with Gasteiger partial charge in [-0.15, -0.1) is 0 Å². The van der Waals surface area contributed by atoms with E-state index in [0.29, 0.717) is 11.6 Å². The molecule has 0 aliphatic heterocycles. The maximum atomic E-state index is 5.63. The fourth-order valence-corrected chi connectivity index (χ4v) is 2.25. The number of nitrogens with two attached hydrogens (primary N) is 1. The van der Waals surface area contributed by atoms with Gasteiger partial charge in [0, 0.05) is 29.7 Å². The van der Waals surface area contributed by atoms with Crippen LogP contribution in [0.4, 0.5) is 5.82 Å². The minimum atomic E-state index is 0.474. The SMILES string of the molecule is Nc1ccc(-c2cc(-c3ccncc3)n3ncnc3n2)cn1. The Morgan fingerprint density at radius 2 is 1.82 bits per heavy atom. The van der Waals surface area contributed by atoms with E-state index in [4.69, 9.17) is 5.73 Å². The summed E-state index contributed by atoms with van der Waals surface area (Å²) >= 11 is 0. The molecule has 0 aliphatic carbocycles. The number of pyridine rings is 2. The molecule has 2 N–H and O–H groups in total. The van der Waals surface area contributed by atoms with E-state index in [1.807, 2.05) is 24.3 Å². The Morgan fingerprint density at radius 3 is 2.59 bits per heavy atom. The number of hydrogen-bond acceptors (Lipinski definition) is 6. The van der Waals surface area contributed by atoms with E-state index in [1.165, 1.54) is 6.33 Å². The van der Waals surface area contributed by atoms with Crippen molar-refractivity contribution in [2.75, 3.05) is 5.73 Å². The number of nitrogen functional groups attached to an aromatic ring is 1. The quantitative estimate of drug-likeness (QED) is 0.605. The fourth-order valence-electron chi connectivity index (χ4n) is 2.25. The van der Waals surface area contributed by atoms with Crippen LogP contribution in [0.25, 0.3) is 28.3 Å². The number of aromatic nitrogens is 6. The van der Waals surface area contributed by atoms with E-state index < -0.39 is 0 Å². The van der Waals surface area contributed by atoms with Crippen LogP contribution >= 0.6 is 0 Å². The molecule has 0 aliphatic rings. The molecule has 4 aromatic heterocycles. The lowest BCUT2D eigenvalue weighted by atomic mass is 10.1. The Bertz CT molecular complexity index is 929. The minimum Gasteiger partial charge on any atom is -0.384 e. The predicted molar refractivity (Wildman–Crippen MR) is 81.7 cm³/mol. The third-order valence-corrected chi connectivity index (χ3v) is 3.31. The van der Waals surface area contributed by atoms with Crippen molar-refractivity contribution in [3.05, 3.63) is 55.2 Å². The van der Waals surface area contributed by atoms with Gasteiger partial charge in [0.2, 0.25) is 0 Å². The number of nitrogens with zero attached hydrogens (tertiary/aromatic N) is 6. The van der Waals surface area contributed by atoms with Gasteiger partial charge in [-0.3, -0.25) is 4.98 Å². The van der Waals surface area contributed by atoms with Crippen molar-refractivity contribution in [1.29, 1.82) is 0 Å². The van der Waals surface area contributed by atoms with E-state index in [9.17, 15) is 0 Å². The van der Waals surface area contributed by atoms with Crippen molar-refractivity contribution in [2.45, 2.75) is 0 Å². The van der Waals surface area contributed by atoms with Gasteiger partial charge in [0.1, 0.15) is 12.1 Å². The highest BCUT2D eigenvalue weighted by Crippen LogP contribution is 2.24. The van der Waals surface area contributed by atoms with Gasteiger partial charge in [-0.05, 0) is 30.3 Å². The predicted octanol–water partition coefficient (Wildman–Crippen LogP) is 1.83. The second-order valence-corrected chi connectivity index (χ2v) is 4.71. The maximum absolute atomic E-state index is 5.63. The van der Waals surface area contributed by atoms with Gasteiger partial charge < -0.3 is 5.73 Å². The van der Waals surface area contributed by atoms with Crippen molar-refractivity contribution in [1.82, 2.24) is 29.5 Å². The lowest BCUT2D eigenvalue weighted by molar-refractivity contribution is 0.948. The van der Waals surface area contributed by atoms with Crippen LogP contribution < -0.4 is 5.73 Å². The summed E-state index contributed by atoms with van der Waals surface area (Å²) in [5, 5.41) is 4.23. The molecule has 22 heavy (non-hydrogen) atoms. The minimum absolute atomic E-state index is 0.474. The Labute approximate surface area is 125 Å². The average molecular weight is 289 g/mol. The highest BCUT2D eigenvalue weighted by molar-refractivity contribution is 5.70. The fraction of sp³-hybridized carbons (Fsp3) is 0. The highest BCUT2D eigenvalue weighted by atomic mass is 15.3. The first-order chi connectivity index (χ1) is 10.8. The van der Waals surface area contributed by atoms with Crippen LogP contribution in [0.15, 0.2) is 55.2 Å². The van der Waals surface area contributed by atoms with E-state index in [0.717, 1.165) is 22.5 Å². The molecule has 106 valence electrons. The van der Waals surface area contributed by atoms with Crippen molar-refractivity contribution in [3.8, 4) is 22.5 Å². The number of hydrogen-bond donors (Lipinski definition) is 1. The van der Waals surface area contributed by atoms with E-state index in [2.05, 4.69) is 25.0 Å². The summed E-state index contributed by atoms with van der Waals surface area (Å²) in [6, 6.07) is 9.41.